The molecule has 0 aromatic carbocycles. The Morgan fingerprint density at radius 2 is 2.12 bits per heavy atom. The van der Waals surface area contributed by atoms with E-state index in [4.69, 9.17) is 16.7 Å². The number of nitrogens with zero attached hydrogens (tertiary/aromatic N) is 5. The maximum Gasteiger partial charge on any atom is 0.300 e. The largest absolute Gasteiger partial charge is 0.396 e. The molecule has 2 rings (SSSR count). The standard InChI is InChI=1S/C22H35ClN6O4/c1-3-28(15-18-9-10-20(23)25-14-18)22-19(29(32)33)16-27(17-26(22)2)12-7-11-24-21(31)8-5-4-6-13-30/h9-10,14,30H,3-8,11-13,15-17H2,1-2H3,(H,24,31). The summed E-state index contributed by atoms with van der Waals surface area (Å²) in [6.07, 6.45) is 5.18. The smallest absolute Gasteiger partial charge is 0.300 e. The van der Waals surface area contributed by atoms with Gasteiger partial charge in [-0.15, -0.1) is 0 Å². The topological polar surface area (TPSA) is 115 Å². The number of rotatable bonds is 14. The van der Waals surface area contributed by atoms with E-state index in [1.165, 1.54) is 0 Å². The molecular weight excluding hydrogens is 448 g/mol. The van der Waals surface area contributed by atoms with E-state index in [1.807, 2.05) is 34.7 Å². The number of halogens is 1. The predicted molar refractivity (Wildman–Crippen MR) is 127 cm³/mol. The Labute approximate surface area is 200 Å². The number of amides is 1. The van der Waals surface area contributed by atoms with Crippen LogP contribution in [0.4, 0.5) is 0 Å². The Kier molecular flexibility index (Phi) is 11.4. The van der Waals surface area contributed by atoms with Crippen molar-refractivity contribution in [3.8, 4) is 0 Å². The number of carbonyl (C=O) groups is 1. The van der Waals surface area contributed by atoms with Crippen LogP contribution in [0.2, 0.25) is 5.15 Å². The van der Waals surface area contributed by atoms with Crippen LogP contribution in [-0.2, 0) is 11.3 Å². The van der Waals surface area contributed by atoms with Gasteiger partial charge in [-0.05, 0) is 37.8 Å². The molecule has 0 atom stereocenters. The highest BCUT2D eigenvalue weighted by Gasteiger charge is 2.33. The Hall–Kier alpha value is -2.43. The van der Waals surface area contributed by atoms with Gasteiger partial charge in [-0.2, -0.15) is 0 Å². The van der Waals surface area contributed by atoms with Crippen LogP contribution in [0.25, 0.3) is 0 Å². The number of nitro groups is 1. The summed E-state index contributed by atoms with van der Waals surface area (Å²) < 4.78 is 0. The minimum Gasteiger partial charge on any atom is -0.396 e. The average molecular weight is 483 g/mol. The van der Waals surface area contributed by atoms with Crippen LogP contribution in [0.3, 0.4) is 0 Å². The number of aliphatic hydroxyl groups is 1. The van der Waals surface area contributed by atoms with Crippen LogP contribution in [-0.4, -0.2) is 82.1 Å². The first-order chi connectivity index (χ1) is 15.8. The van der Waals surface area contributed by atoms with Crippen LogP contribution in [0, 0.1) is 10.1 Å². The van der Waals surface area contributed by atoms with E-state index in [1.54, 1.807) is 12.3 Å². The minimum atomic E-state index is -0.297. The zero-order chi connectivity index (χ0) is 24.2. The number of hydrogen-bond acceptors (Lipinski definition) is 8. The van der Waals surface area contributed by atoms with Crippen LogP contribution in [0.15, 0.2) is 29.8 Å². The summed E-state index contributed by atoms with van der Waals surface area (Å²) in [4.78, 5) is 33.5. The third-order valence-corrected chi connectivity index (χ3v) is 5.73. The normalized spacial score (nSPS) is 14.5. The summed E-state index contributed by atoms with van der Waals surface area (Å²) in [5.41, 5.74) is 1.10. The Balaban J connectivity index is 1.92. The van der Waals surface area contributed by atoms with Crippen molar-refractivity contribution in [2.45, 2.75) is 45.6 Å². The Bertz CT molecular complexity index is 805. The predicted octanol–water partition coefficient (Wildman–Crippen LogP) is 2.27. The van der Waals surface area contributed by atoms with Gasteiger partial charge in [-0.1, -0.05) is 24.1 Å². The van der Waals surface area contributed by atoms with Gasteiger partial charge in [0.15, 0.2) is 5.82 Å². The summed E-state index contributed by atoms with van der Waals surface area (Å²) >= 11 is 5.87. The second-order valence-corrected chi connectivity index (χ2v) is 8.55. The van der Waals surface area contributed by atoms with Crippen LogP contribution in [0.1, 0.15) is 44.6 Å². The summed E-state index contributed by atoms with van der Waals surface area (Å²) in [7, 11) is 1.86. The molecule has 0 saturated carbocycles. The van der Waals surface area contributed by atoms with E-state index in [0.29, 0.717) is 56.7 Å². The molecular formula is C22H35ClN6O4. The number of aliphatic hydroxyl groups excluding tert-OH is 1. The monoisotopic (exact) mass is 482 g/mol. The number of aromatic nitrogens is 1. The van der Waals surface area contributed by atoms with Gasteiger partial charge in [0, 0.05) is 52.5 Å². The molecule has 2 heterocycles. The molecule has 11 heteroatoms. The van der Waals surface area contributed by atoms with E-state index in [9.17, 15) is 14.9 Å². The van der Waals surface area contributed by atoms with E-state index >= 15 is 0 Å². The lowest BCUT2D eigenvalue weighted by Gasteiger charge is -2.39. The lowest BCUT2D eigenvalue weighted by molar-refractivity contribution is -0.433. The highest BCUT2D eigenvalue weighted by atomic mass is 35.5. The molecule has 10 nitrogen and oxygen atoms in total. The first-order valence-corrected chi connectivity index (χ1v) is 11.8. The average Bonchev–Trinajstić information content (AvgIpc) is 2.79. The minimum absolute atomic E-state index is 0.00661. The molecule has 0 unspecified atom stereocenters. The molecule has 0 radical (unpaired) electrons. The maximum atomic E-state index is 11.9. The van der Waals surface area contributed by atoms with Crippen molar-refractivity contribution >= 4 is 17.5 Å². The van der Waals surface area contributed by atoms with Gasteiger partial charge in [0.2, 0.25) is 5.91 Å². The fourth-order valence-electron chi connectivity index (χ4n) is 3.88. The molecule has 0 fully saturated rings. The molecule has 1 aliphatic heterocycles. The second kappa shape index (κ2) is 14.0. The highest BCUT2D eigenvalue weighted by Crippen LogP contribution is 2.23. The molecule has 184 valence electrons. The van der Waals surface area contributed by atoms with Gasteiger partial charge in [0.1, 0.15) is 5.15 Å². The number of nitrogens with one attached hydrogen (secondary N) is 1. The van der Waals surface area contributed by atoms with E-state index < -0.39 is 0 Å². The summed E-state index contributed by atoms with van der Waals surface area (Å²) in [5.74, 6) is 0.622. The lowest BCUT2D eigenvalue weighted by atomic mass is 10.2. The van der Waals surface area contributed by atoms with Gasteiger partial charge in [-0.3, -0.25) is 19.8 Å². The van der Waals surface area contributed by atoms with Crippen molar-refractivity contribution in [2.75, 3.05) is 46.5 Å². The first-order valence-electron chi connectivity index (χ1n) is 11.4. The van der Waals surface area contributed by atoms with Crippen molar-refractivity contribution < 1.29 is 14.8 Å². The third-order valence-electron chi connectivity index (χ3n) is 5.50. The van der Waals surface area contributed by atoms with Crippen molar-refractivity contribution in [1.29, 1.82) is 0 Å². The molecule has 1 amide bonds. The SMILES string of the molecule is CCN(Cc1ccc(Cl)nc1)C1=C([N+](=O)[O-])CN(CCCNC(=O)CCCCCO)CN1C. The van der Waals surface area contributed by atoms with Crippen LogP contribution >= 0.6 is 11.6 Å². The number of pyridine rings is 1. The molecule has 1 aliphatic rings. The molecule has 1 aromatic rings. The molecule has 0 bridgehead atoms. The quantitative estimate of drug-likeness (QED) is 0.179. The van der Waals surface area contributed by atoms with Gasteiger partial charge in [0.05, 0.1) is 18.1 Å². The van der Waals surface area contributed by atoms with Gasteiger partial charge in [-0.25, -0.2) is 4.98 Å². The van der Waals surface area contributed by atoms with Crippen molar-refractivity contribution in [3.05, 3.63) is 50.7 Å². The number of carbonyl (C=O) groups excluding carboxylic acids is 1. The summed E-state index contributed by atoms with van der Waals surface area (Å²) in [6.45, 7) is 5.24. The van der Waals surface area contributed by atoms with Crippen molar-refractivity contribution in [1.82, 2.24) is 25.0 Å². The van der Waals surface area contributed by atoms with Gasteiger partial charge >= 0.3 is 0 Å². The zero-order valence-electron chi connectivity index (χ0n) is 19.5. The second-order valence-electron chi connectivity index (χ2n) is 8.16. The lowest BCUT2D eigenvalue weighted by Crippen LogP contribution is -2.48. The van der Waals surface area contributed by atoms with Gasteiger partial charge < -0.3 is 20.2 Å². The Morgan fingerprint density at radius 1 is 1.33 bits per heavy atom. The van der Waals surface area contributed by atoms with Crippen molar-refractivity contribution in [3.63, 3.8) is 0 Å². The molecule has 33 heavy (non-hydrogen) atoms. The zero-order valence-corrected chi connectivity index (χ0v) is 20.3. The van der Waals surface area contributed by atoms with Crippen LogP contribution < -0.4 is 5.32 Å². The summed E-state index contributed by atoms with van der Waals surface area (Å²) in [5, 5.41) is 24.0. The number of unbranched alkanes of at least 4 members (excludes halogenated alkanes) is 2. The highest BCUT2D eigenvalue weighted by molar-refractivity contribution is 6.29. The third kappa shape index (κ3) is 8.79. The summed E-state index contributed by atoms with van der Waals surface area (Å²) in [6, 6.07) is 3.59. The Morgan fingerprint density at radius 3 is 2.76 bits per heavy atom. The van der Waals surface area contributed by atoms with E-state index in [0.717, 1.165) is 24.8 Å². The van der Waals surface area contributed by atoms with E-state index in [2.05, 4.69) is 10.3 Å². The molecule has 1 aromatic heterocycles. The molecule has 0 aliphatic carbocycles. The fourth-order valence-corrected chi connectivity index (χ4v) is 3.99. The number of hydrogen-bond donors (Lipinski definition) is 2. The molecule has 2 N–H and O–H groups in total. The molecule has 0 spiro atoms. The molecule has 0 saturated heterocycles. The van der Waals surface area contributed by atoms with E-state index in [-0.39, 0.29) is 29.7 Å². The first kappa shape index (κ1) is 26.8. The van der Waals surface area contributed by atoms with Crippen molar-refractivity contribution in [2.24, 2.45) is 0 Å². The maximum absolute atomic E-state index is 11.9. The van der Waals surface area contributed by atoms with Crippen LogP contribution in [0.5, 0.6) is 0 Å². The fraction of sp³-hybridized carbons (Fsp3) is 0.636. The van der Waals surface area contributed by atoms with Gasteiger partial charge in [0.25, 0.3) is 5.70 Å².